The summed E-state index contributed by atoms with van der Waals surface area (Å²) in [6.07, 6.45) is 2.40. The van der Waals surface area contributed by atoms with Crippen molar-refractivity contribution in [3.05, 3.63) is 35.6 Å². The van der Waals surface area contributed by atoms with Crippen LogP contribution in [0.15, 0.2) is 24.3 Å². The van der Waals surface area contributed by atoms with Gasteiger partial charge in [-0.15, -0.1) is 0 Å². The van der Waals surface area contributed by atoms with Crippen LogP contribution in [0.3, 0.4) is 0 Å². The van der Waals surface area contributed by atoms with Crippen LogP contribution >= 0.6 is 0 Å². The number of hydrogen-bond donors (Lipinski definition) is 2. The maximum Gasteiger partial charge on any atom is 0.128 e. The van der Waals surface area contributed by atoms with Crippen LogP contribution in [-0.4, -0.2) is 17.9 Å². The Labute approximate surface area is 106 Å². The van der Waals surface area contributed by atoms with Gasteiger partial charge in [-0.3, -0.25) is 0 Å². The molecule has 0 unspecified atom stereocenters. The number of aliphatic hydroxyl groups is 1. The molecule has 1 fully saturated rings. The van der Waals surface area contributed by atoms with Crippen molar-refractivity contribution in [2.24, 2.45) is 11.7 Å². The normalized spacial score (nSPS) is 27.8. The largest absolute Gasteiger partial charge is 0.393 e. The Morgan fingerprint density at radius 3 is 2.56 bits per heavy atom. The first-order valence-corrected chi connectivity index (χ1v) is 6.37. The van der Waals surface area contributed by atoms with E-state index in [0.717, 1.165) is 12.8 Å². The molecule has 0 bridgehead atoms. The Kier molecular flexibility index (Phi) is 3.97. The van der Waals surface area contributed by atoms with E-state index in [-0.39, 0.29) is 5.56 Å². The highest BCUT2D eigenvalue weighted by Crippen LogP contribution is 2.39. The van der Waals surface area contributed by atoms with Gasteiger partial charge in [0, 0.05) is 11.5 Å². The summed E-state index contributed by atoms with van der Waals surface area (Å²) in [4.78, 5) is 0. The van der Waals surface area contributed by atoms with Crippen LogP contribution in [-0.2, 0) is 5.54 Å². The minimum absolute atomic E-state index is 0.165. The quantitative estimate of drug-likeness (QED) is 0.871. The number of aliphatic hydroxyl groups excluding tert-OH is 1. The average Bonchev–Trinajstić information content (AvgIpc) is 2.39. The predicted octanol–water partition coefficient (Wildman–Crippen LogP) is 2.50. The summed E-state index contributed by atoms with van der Waals surface area (Å²) >= 11 is 0. The molecule has 1 aliphatic carbocycles. The lowest BCUT2D eigenvalue weighted by Crippen LogP contribution is -2.52. The Morgan fingerprint density at radius 1 is 1.28 bits per heavy atom. The Bertz CT molecular complexity index is 413. The predicted molar refractivity (Wildman–Crippen MR) is 66.2 cm³/mol. The lowest BCUT2D eigenvalue weighted by atomic mass is 9.70. The van der Waals surface area contributed by atoms with E-state index in [2.05, 4.69) is 0 Å². The second kappa shape index (κ2) is 5.33. The molecule has 1 aromatic carbocycles. The van der Waals surface area contributed by atoms with Crippen molar-refractivity contribution in [2.45, 2.75) is 37.3 Å². The first-order chi connectivity index (χ1) is 8.59. The van der Waals surface area contributed by atoms with Crippen LogP contribution in [0.4, 0.5) is 8.78 Å². The molecule has 0 amide bonds. The van der Waals surface area contributed by atoms with Gasteiger partial charge in [0.15, 0.2) is 0 Å². The minimum Gasteiger partial charge on any atom is -0.393 e. The van der Waals surface area contributed by atoms with E-state index in [9.17, 15) is 13.9 Å². The number of nitrogens with two attached hydrogens (primary N) is 1. The SMILES string of the molecule is N[C@](CF)(c1ccccc1F)[C@H]1CCCC[C@H]1O. The molecule has 0 aromatic heterocycles. The van der Waals surface area contributed by atoms with Crippen LogP contribution in [0.1, 0.15) is 31.2 Å². The molecule has 4 heteroatoms. The molecular weight excluding hydrogens is 236 g/mol. The summed E-state index contributed by atoms with van der Waals surface area (Å²) in [6.45, 7) is -0.865. The van der Waals surface area contributed by atoms with Gasteiger partial charge in [-0.25, -0.2) is 8.78 Å². The molecule has 18 heavy (non-hydrogen) atoms. The molecule has 1 aromatic rings. The van der Waals surface area contributed by atoms with E-state index in [0.29, 0.717) is 12.8 Å². The molecule has 2 rings (SSSR count). The summed E-state index contributed by atoms with van der Waals surface area (Å²) in [5.41, 5.74) is 4.85. The van der Waals surface area contributed by atoms with Gasteiger partial charge in [-0.1, -0.05) is 31.0 Å². The number of halogens is 2. The zero-order chi connectivity index (χ0) is 13.2. The lowest BCUT2D eigenvalue weighted by Gasteiger charge is -2.41. The zero-order valence-corrected chi connectivity index (χ0v) is 10.3. The lowest BCUT2D eigenvalue weighted by molar-refractivity contribution is 0.0126. The Balaban J connectivity index is 2.38. The summed E-state index contributed by atoms with van der Waals surface area (Å²) in [6, 6.07) is 5.98. The van der Waals surface area contributed by atoms with E-state index < -0.39 is 30.1 Å². The van der Waals surface area contributed by atoms with Crippen molar-refractivity contribution in [3.63, 3.8) is 0 Å². The first-order valence-electron chi connectivity index (χ1n) is 6.37. The fraction of sp³-hybridized carbons (Fsp3) is 0.571. The third-order valence-corrected chi connectivity index (χ3v) is 3.99. The minimum atomic E-state index is -1.43. The van der Waals surface area contributed by atoms with Crippen LogP contribution in [0.25, 0.3) is 0 Å². The van der Waals surface area contributed by atoms with E-state index >= 15 is 0 Å². The average molecular weight is 255 g/mol. The topological polar surface area (TPSA) is 46.2 Å². The van der Waals surface area contributed by atoms with Gasteiger partial charge >= 0.3 is 0 Å². The third-order valence-electron chi connectivity index (χ3n) is 3.99. The van der Waals surface area contributed by atoms with Gasteiger partial charge in [-0.2, -0.15) is 0 Å². The van der Waals surface area contributed by atoms with Gasteiger partial charge in [0.1, 0.15) is 12.5 Å². The standard InChI is InChI=1S/C14H19F2NO/c15-9-14(17,10-5-1-3-7-12(10)16)11-6-2-4-8-13(11)18/h1,3,5,7,11,13,18H,2,4,6,8-9,17H2/t11-,13+,14+/m0/s1. The first kappa shape index (κ1) is 13.4. The fourth-order valence-electron chi connectivity index (χ4n) is 2.92. The Hall–Kier alpha value is -1.00. The highest BCUT2D eigenvalue weighted by Gasteiger charge is 2.43. The number of rotatable bonds is 3. The van der Waals surface area contributed by atoms with Crippen LogP contribution in [0.5, 0.6) is 0 Å². The monoisotopic (exact) mass is 255 g/mol. The molecule has 0 heterocycles. The van der Waals surface area contributed by atoms with Crippen LogP contribution < -0.4 is 5.73 Å². The van der Waals surface area contributed by atoms with Crippen molar-refractivity contribution >= 4 is 0 Å². The molecule has 3 N–H and O–H groups in total. The maximum absolute atomic E-state index is 13.8. The van der Waals surface area contributed by atoms with E-state index in [1.165, 1.54) is 12.1 Å². The van der Waals surface area contributed by atoms with Crippen LogP contribution in [0.2, 0.25) is 0 Å². The third kappa shape index (κ3) is 2.27. The zero-order valence-electron chi connectivity index (χ0n) is 10.3. The van der Waals surface area contributed by atoms with Crippen molar-refractivity contribution in [3.8, 4) is 0 Å². The second-order valence-electron chi connectivity index (χ2n) is 5.11. The molecular formula is C14H19F2NO. The molecule has 100 valence electrons. The highest BCUT2D eigenvalue weighted by molar-refractivity contribution is 5.27. The van der Waals surface area contributed by atoms with E-state index in [1.54, 1.807) is 12.1 Å². The fourth-order valence-corrected chi connectivity index (χ4v) is 2.92. The molecule has 3 atom stereocenters. The molecule has 1 aliphatic rings. The molecule has 2 nitrogen and oxygen atoms in total. The molecule has 0 radical (unpaired) electrons. The Morgan fingerprint density at radius 2 is 1.94 bits per heavy atom. The molecule has 1 saturated carbocycles. The van der Waals surface area contributed by atoms with Gasteiger partial charge in [0.25, 0.3) is 0 Å². The van der Waals surface area contributed by atoms with E-state index in [1.807, 2.05) is 0 Å². The number of alkyl halides is 1. The highest BCUT2D eigenvalue weighted by atomic mass is 19.1. The summed E-state index contributed by atoms with van der Waals surface area (Å²) < 4.78 is 27.3. The summed E-state index contributed by atoms with van der Waals surface area (Å²) in [5, 5.41) is 10.0. The summed E-state index contributed by atoms with van der Waals surface area (Å²) in [7, 11) is 0. The van der Waals surface area contributed by atoms with Crippen molar-refractivity contribution < 1.29 is 13.9 Å². The van der Waals surface area contributed by atoms with Gasteiger partial charge in [-0.05, 0) is 18.9 Å². The second-order valence-corrected chi connectivity index (χ2v) is 5.11. The smallest absolute Gasteiger partial charge is 0.128 e. The van der Waals surface area contributed by atoms with Gasteiger partial charge in [0.05, 0.1) is 11.6 Å². The molecule has 0 spiro atoms. The van der Waals surface area contributed by atoms with Crippen molar-refractivity contribution in [1.82, 2.24) is 0 Å². The number of hydrogen-bond acceptors (Lipinski definition) is 2. The van der Waals surface area contributed by atoms with Crippen molar-refractivity contribution in [2.75, 3.05) is 6.67 Å². The van der Waals surface area contributed by atoms with Crippen molar-refractivity contribution in [1.29, 1.82) is 0 Å². The number of benzene rings is 1. The molecule has 0 saturated heterocycles. The van der Waals surface area contributed by atoms with Gasteiger partial charge < -0.3 is 10.8 Å². The van der Waals surface area contributed by atoms with Gasteiger partial charge in [0.2, 0.25) is 0 Å². The van der Waals surface area contributed by atoms with E-state index in [4.69, 9.17) is 5.73 Å². The van der Waals surface area contributed by atoms with Crippen LogP contribution in [0, 0.1) is 11.7 Å². The molecule has 0 aliphatic heterocycles. The maximum atomic E-state index is 13.8. The summed E-state index contributed by atoms with van der Waals surface area (Å²) in [5.74, 6) is -0.927.